The molecule has 0 saturated heterocycles. The first-order valence-electron chi connectivity index (χ1n) is 4.34. The van der Waals surface area contributed by atoms with Crippen molar-refractivity contribution in [2.45, 2.75) is 13.3 Å². The first-order valence-corrected chi connectivity index (χ1v) is 4.34. The second-order valence-corrected chi connectivity index (χ2v) is 2.99. The number of hydrogen-bond acceptors (Lipinski definition) is 1. The second-order valence-electron chi connectivity index (χ2n) is 2.99. The molecule has 0 unspecified atom stereocenters. The van der Waals surface area contributed by atoms with Gasteiger partial charge in [0.2, 0.25) is 0 Å². The van der Waals surface area contributed by atoms with E-state index in [4.69, 9.17) is 0 Å². The number of pyridine rings is 1. The molecule has 2 rings (SSSR count). The molecule has 0 radical (unpaired) electrons. The zero-order chi connectivity index (χ0) is 9.26. The largest absolute Gasteiger partial charge is 0.256 e. The van der Waals surface area contributed by atoms with Gasteiger partial charge in [0.15, 0.2) is 0 Å². The number of nitrogens with zero attached hydrogens (tertiary/aromatic N) is 1. The van der Waals surface area contributed by atoms with Crippen molar-refractivity contribution >= 4 is 10.9 Å². The summed E-state index contributed by atoms with van der Waals surface area (Å²) in [6.07, 6.45) is 2.52. The highest BCUT2D eigenvalue weighted by Crippen LogP contribution is 2.18. The molecular formula is C11H10FN. The molecule has 0 fully saturated rings. The Bertz CT molecular complexity index is 437. The number of benzene rings is 1. The van der Waals surface area contributed by atoms with E-state index in [1.54, 1.807) is 12.3 Å². The summed E-state index contributed by atoms with van der Waals surface area (Å²) >= 11 is 0. The van der Waals surface area contributed by atoms with Crippen molar-refractivity contribution in [2.24, 2.45) is 0 Å². The Labute approximate surface area is 76.2 Å². The molecule has 0 atom stereocenters. The molecular weight excluding hydrogens is 165 g/mol. The minimum absolute atomic E-state index is 0.206. The number of aromatic nitrogens is 1. The summed E-state index contributed by atoms with van der Waals surface area (Å²) in [4.78, 5) is 4.11. The molecule has 66 valence electrons. The first-order chi connectivity index (χ1) is 6.31. The van der Waals surface area contributed by atoms with Gasteiger partial charge in [-0.05, 0) is 24.1 Å². The Morgan fingerprint density at radius 2 is 2.23 bits per heavy atom. The smallest absolute Gasteiger partial charge is 0.125 e. The quantitative estimate of drug-likeness (QED) is 0.649. The number of fused-ring (bicyclic) bond motifs is 1. The second kappa shape index (κ2) is 3.13. The Kier molecular flexibility index (Phi) is 1.97. The van der Waals surface area contributed by atoms with Crippen LogP contribution in [-0.2, 0) is 6.42 Å². The van der Waals surface area contributed by atoms with Crippen molar-refractivity contribution in [1.29, 1.82) is 0 Å². The molecule has 1 nitrogen and oxygen atoms in total. The van der Waals surface area contributed by atoms with Crippen LogP contribution in [0.3, 0.4) is 0 Å². The molecule has 2 aromatic rings. The van der Waals surface area contributed by atoms with Crippen LogP contribution in [0, 0.1) is 5.82 Å². The molecule has 0 saturated carbocycles. The first kappa shape index (κ1) is 8.17. The molecule has 13 heavy (non-hydrogen) atoms. The van der Waals surface area contributed by atoms with Gasteiger partial charge >= 0.3 is 0 Å². The predicted octanol–water partition coefficient (Wildman–Crippen LogP) is 2.94. The molecule has 0 aliphatic heterocycles. The average Bonchev–Trinajstić information content (AvgIpc) is 2.16. The van der Waals surface area contributed by atoms with Gasteiger partial charge in [-0.1, -0.05) is 13.0 Å². The van der Waals surface area contributed by atoms with Crippen molar-refractivity contribution in [3.63, 3.8) is 0 Å². The standard InChI is InChI=1S/C11H10FN/c1-2-8-6-9(12)7-11-10(8)4-3-5-13-11/h3-7H,2H2,1H3. The third-order valence-electron chi connectivity index (χ3n) is 2.15. The van der Waals surface area contributed by atoms with Crippen LogP contribution < -0.4 is 0 Å². The Hall–Kier alpha value is -1.44. The fourth-order valence-corrected chi connectivity index (χ4v) is 1.51. The van der Waals surface area contributed by atoms with Crippen molar-refractivity contribution in [3.05, 3.63) is 41.8 Å². The zero-order valence-electron chi connectivity index (χ0n) is 7.42. The Morgan fingerprint density at radius 3 is 3.00 bits per heavy atom. The van der Waals surface area contributed by atoms with Gasteiger partial charge in [0.1, 0.15) is 5.82 Å². The maximum Gasteiger partial charge on any atom is 0.125 e. The van der Waals surface area contributed by atoms with Crippen LogP contribution in [-0.4, -0.2) is 4.98 Å². The van der Waals surface area contributed by atoms with Crippen LogP contribution in [0.25, 0.3) is 10.9 Å². The molecule has 0 amide bonds. The van der Waals surface area contributed by atoms with E-state index in [-0.39, 0.29) is 5.82 Å². The SMILES string of the molecule is CCc1cc(F)cc2ncccc12. The maximum atomic E-state index is 13.0. The lowest BCUT2D eigenvalue weighted by molar-refractivity contribution is 0.627. The van der Waals surface area contributed by atoms with Crippen molar-refractivity contribution in [3.8, 4) is 0 Å². The monoisotopic (exact) mass is 175 g/mol. The Morgan fingerprint density at radius 1 is 1.38 bits per heavy atom. The molecule has 0 spiro atoms. The minimum atomic E-state index is -0.206. The number of aryl methyl sites for hydroxylation is 1. The van der Waals surface area contributed by atoms with Gasteiger partial charge in [-0.15, -0.1) is 0 Å². The molecule has 0 bridgehead atoms. The molecule has 0 aliphatic rings. The molecule has 1 heterocycles. The van der Waals surface area contributed by atoms with E-state index < -0.39 is 0 Å². The van der Waals surface area contributed by atoms with Crippen LogP contribution in [0.15, 0.2) is 30.5 Å². The lowest BCUT2D eigenvalue weighted by Gasteiger charge is -2.02. The lowest BCUT2D eigenvalue weighted by Crippen LogP contribution is -1.88. The van der Waals surface area contributed by atoms with E-state index in [0.29, 0.717) is 0 Å². The van der Waals surface area contributed by atoms with E-state index in [1.807, 2.05) is 19.1 Å². The van der Waals surface area contributed by atoms with Gasteiger partial charge in [0.05, 0.1) is 5.52 Å². The average molecular weight is 175 g/mol. The van der Waals surface area contributed by atoms with E-state index in [0.717, 1.165) is 22.9 Å². The third kappa shape index (κ3) is 1.39. The summed E-state index contributed by atoms with van der Waals surface area (Å²) < 4.78 is 13.0. The van der Waals surface area contributed by atoms with Crippen molar-refractivity contribution in [1.82, 2.24) is 4.98 Å². The van der Waals surface area contributed by atoms with Gasteiger partial charge < -0.3 is 0 Å². The van der Waals surface area contributed by atoms with Crippen molar-refractivity contribution in [2.75, 3.05) is 0 Å². The summed E-state index contributed by atoms with van der Waals surface area (Å²) in [5.41, 5.74) is 1.75. The molecule has 1 aromatic heterocycles. The summed E-state index contributed by atoms with van der Waals surface area (Å²) in [6, 6.07) is 6.89. The van der Waals surface area contributed by atoms with Gasteiger partial charge in [-0.25, -0.2) is 4.39 Å². The summed E-state index contributed by atoms with van der Waals surface area (Å²) in [5.74, 6) is -0.206. The lowest BCUT2D eigenvalue weighted by atomic mass is 10.1. The molecule has 0 N–H and O–H groups in total. The van der Waals surface area contributed by atoms with E-state index in [2.05, 4.69) is 4.98 Å². The summed E-state index contributed by atoms with van der Waals surface area (Å²) in [5, 5.41) is 1.05. The van der Waals surface area contributed by atoms with Gasteiger partial charge in [-0.2, -0.15) is 0 Å². The zero-order valence-corrected chi connectivity index (χ0v) is 7.42. The summed E-state index contributed by atoms with van der Waals surface area (Å²) in [6.45, 7) is 2.02. The number of halogens is 1. The van der Waals surface area contributed by atoms with Gasteiger partial charge in [0.25, 0.3) is 0 Å². The van der Waals surface area contributed by atoms with Gasteiger partial charge in [-0.3, -0.25) is 4.98 Å². The fraction of sp³-hybridized carbons (Fsp3) is 0.182. The normalized spacial score (nSPS) is 10.6. The van der Waals surface area contributed by atoms with Crippen LogP contribution in [0.1, 0.15) is 12.5 Å². The fourth-order valence-electron chi connectivity index (χ4n) is 1.51. The van der Waals surface area contributed by atoms with Crippen LogP contribution in [0.4, 0.5) is 4.39 Å². The topological polar surface area (TPSA) is 12.9 Å². The van der Waals surface area contributed by atoms with Gasteiger partial charge in [0, 0.05) is 17.6 Å². The highest BCUT2D eigenvalue weighted by atomic mass is 19.1. The predicted molar refractivity (Wildman–Crippen MR) is 51.1 cm³/mol. The van der Waals surface area contributed by atoms with E-state index in [9.17, 15) is 4.39 Å². The highest BCUT2D eigenvalue weighted by Gasteiger charge is 2.02. The summed E-state index contributed by atoms with van der Waals surface area (Å²) in [7, 11) is 0. The molecule has 0 aliphatic carbocycles. The van der Waals surface area contributed by atoms with Crippen LogP contribution in [0.2, 0.25) is 0 Å². The van der Waals surface area contributed by atoms with Crippen LogP contribution in [0.5, 0.6) is 0 Å². The molecule has 2 heteroatoms. The maximum absolute atomic E-state index is 13.0. The van der Waals surface area contributed by atoms with E-state index >= 15 is 0 Å². The third-order valence-corrected chi connectivity index (χ3v) is 2.15. The number of rotatable bonds is 1. The highest BCUT2D eigenvalue weighted by molar-refractivity contribution is 5.82. The number of hydrogen-bond donors (Lipinski definition) is 0. The van der Waals surface area contributed by atoms with Crippen molar-refractivity contribution < 1.29 is 4.39 Å². The Balaban J connectivity index is 2.81. The molecule has 1 aromatic carbocycles. The minimum Gasteiger partial charge on any atom is -0.256 e. The van der Waals surface area contributed by atoms with Crippen LogP contribution >= 0.6 is 0 Å². The van der Waals surface area contributed by atoms with E-state index in [1.165, 1.54) is 6.07 Å².